The molecule has 3 fully saturated rings. The van der Waals surface area contributed by atoms with Crippen LogP contribution in [0.1, 0.15) is 92.9 Å². The lowest BCUT2D eigenvalue weighted by molar-refractivity contribution is -0.0656. The lowest BCUT2D eigenvalue weighted by Crippen LogP contribution is -2.52. The maximum Gasteiger partial charge on any atom is 0.0788 e. The van der Waals surface area contributed by atoms with Crippen molar-refractivity contribution < 1.29 is 4.74 Å². The molecule has 170 valence electrons. The van der Waals surface area contributed by atoms with Gasteiger partial charge >= 0.3 is 0 Å². The van der Waals surface area contributed by atoms with Gasteiger partial charge in [-0.2, -0.15) is 0 Å². The van der Waals surface area contributed by atoms with Gasteiger partial charge in [-0.3, -0.25) is 0 Å². The van der Waals surface area contributed by atoms with E-state index in [0.29, 0.717) is 28.8 Å². The summed E-state index contributed by atoms with van der Waals surface area (Å²) in [7, 11) is 1.96. The highest BCUT2D eigenvalue weighted by Crippen LogP contribution is 2.67. The van der Waals surface area contributed by atoms with Crippen LogP contribution in [-0.4, -0.2) is 13.2 Å². The molecule has 0 amide bonds. The molecule has 4 aliphatic rings. The minimum Gasteiger partial charge on any atom is -0.377 e. The van der Waals surface area contributed by atoms with E-state index in [1.165, 1.54) is 51.4 Å². The number of hydrogen-bond donors (Lipinski definition) is 0. The summed E-state index contributed by atoms with van der Waals surface area (Å²) in [5.74, 6) is 5.29. The second kappa shape index (κ2) is 8.42. The topological polar surface area (TPSA) is 9.23 Å². The summed E-state index contributed by atoms with van der Waals surface area (Å²) < 4.78 is 6.13. The SMILES string of the molecule is CO[C@@H]1C=C2[C@@H]3CC[C@H]([C@H](C)/C=C/[C@H](C)C(C)C)[C@@]3(C)CC[C@@H]2[C@@]2(C)CCCCC12. The highest BCUT2D eigenvalue weighted by Gasteiger charge is 2.59. The normalized spacial score (nSPS) is 45.6. The first-order valence-corrected chi connectivity index (χ1v) is 13.1. The van der Waals surface area contributed by atoms with Crippen LogP contribution < -0.4 is 0 Å². The van der Waals surface area contributed by atoms with Crippen LogP contribution >= 0.6 is 0 Å². The monoisotopic (exact) mass is 412 g/mol. The molecule has 1 nitrogen and oxygen atoms in total. The standard InChI is InChI=1S/C29H48O/c1-19(2)20(3)11-12-21(4)23-13-14-24-22-18-27(30-7)26-10-8-9-16-28(26,5)25(22)15-17-29(23,24)6/h11-12,18-21,23-27H,8-10,13-17H2,1-7H3/b12-11+/t20-,21+,23+,24-,25-,26?,27+,28+,29+/m0/s1. The summed E-state index contributed by atoms with van der Waals surface area (Å²) in [6.07, 6.45) is 19.3. The molecule has 0 spiro atoms. The van der Waals surface area contributed by atoms with Crippen LogP contribution in [0, 0.1) is 52.3 Å². The maximum absolute atomic E-state index is 6.13. The van der Waals surface area contributed by atoms with Crippen LogP contribution in [0.5, 0.6) is 0 Å². The van der Waals surface area contributed by atoms with Crippen molar-refractivity contribution in [1.82, 2.24) is 0 Å². The first-order chi connectivity index (χ1) is 14.2. The molecule has 0 heterocycles. The molecule has 0 aromatic rings. The first kappa shape index (κ1) is 22.6. The van der Waals surface area contributed by atoms with Gasteiger partial charge in [-0.05, 0) is 90.8 Å². The van der Waals surface area contributed by atoms with Gasteiger partial charge < -0.3 is 4.74 Å². The number of rotatable bonds is 5. The molecule has 0 saturated heterocycles. The molecule has 0 aromatic carbocycles. The fourth-order valence-corrected chi connectivity index (χ4v) is 8.44. The smallest absolute Gasteiger partial charge is 0.0788 e. The van der Waals surface area contributed by atoms with Gasteiger partial charge in [0.05, 0.1) is 6.10 Å². The van der Waals surface area contributed by atoms with Crippen molar-refractivity contribution in [2.24, 2.45) is 52.3 Å². The summed E-state index contributed by atoms with van der Waals surface area (Å²) in [5.41, 5.74) is 2.77. The molecule has 0 aliphatic heterocycles. The first-order valence-electron chi connectivity index (χ1n) is 13.1. The zero-order chi connectivity index (χ0) is 21.7. The predicted octanol–water partition coefficient (Wildman–Crippen LogP) is 8.06. The minimum absolute atomic E-state index is 0.354. The van der Waals surface area contributed by atoms with Gasteiger partial charge in [0.15, 0.2) is 0 Å². The molecule has 3 saturated carbocycles. The third kappa shape index (κ3) is 3.56. The Morgan fingerprint density at radius 1 is 0.900 bits per heavy atom. The van der Waals surface area contributed by atoms with Gasteiger partial charge in [0.25, 0.3) is 0 Å². The maximum atomic E-state index is 6.13. The molecular weight excluding hydrogens is 364 g/mol. The average Bonchev–Trinajstić information content (AvgIpc) is 3.08. The van der Waals surface area contributed by atoms with Crippen molar-refractivity contribution in [1.29, 1.82) is 0 Å². The molecule has 1 unspecified atom stereocenters. The number of fused-ring (bicyclic) bond motifs is 5. The zero-order valence-electron chi connectivity index (χ0n) is 20.9. The number of methoxy groups -OCH3 is 1. The molecule has 0 bridgehead atoms. The summed E-state index contributed by atoms with van der Waals surface area (Å²) in [6.45, 7) is 14.8. The van der Waals surface area contributed by atoms with Gasteiger partial charge in [-0.15, -0.1) is 0 Å². The second-order valence-corrected chi connectivity index (χ2v) is 12.4. The minimum atomic E-state index is 0.354. The van der Waals surface area contributed by atoms with Crippen molar-refractivity contribution in [3.63, 3.8) is 0 Å². The summed E-state index contributed by atoms with van der Waals surface area (Å²) in [4.78, 5) is 0. The lowest BCUT2D eigenvalue weighted by Gasteiger charge is -2.58. The van der Waals surface area contributed by atoms with E-state index in [4.69, 9.17) is 4.74 Å². The van der Waals surface area contributed by atoms with Gasteiger partial charge in [0.2, 0.25) is 0 Å². The highest BCUT2D eigenvalue weighted by atomic mass is 16.5. The number of allylic oxidation sites excluding steroid dienone is 3. The molecule has 0 radical (unpaired) electrons. The van der Waals surface area contributed by atoms with Crippen molar-refractivity contribution in [3.05, 3.63) is 23.8 Å². The molecule has 0 N–H and O–H groups in total. The molecular formula is C29H48O. The van der Waals surface area contributed by atoms with E-state index in [1.54, 1.807) is 0 Å². The number of hydrogen-bond acceptors (Lipinski definition) is 1. The molecule has 4 aliphatic carbocycles. The van der Waals surface area contributed by atoms with E-state index in [9.17, 15) is 0 Å². The van der Waals surface area contributed by atoms with Crippen LogP contribution in [0.25, 0.3) is 0 Å². The van der Waals surface area contributed by atoms with Crippen LogP contribution in [0.3, 0.4) is 0 Å². The van der Waals surface area contributed by atoms with E-state index in [1.807, 2.05) is 12.7 Å². The zero-order valence-corrected chi connectivity index (χ0v) is 20.9. The van der Waals surface area contributed by atoms with E-state index in [-0.39, 0.29) is 0 Å². The molecule has 4 rings (SSSR count). The summed E-state index contributed by atoms with van der Waals surface area (Å²) in [6, 6.07) is 0. The Balaban J connectivity index is 1.60. The molecule has 0 aromatic heterocycles. The fourth-order valence-electron chi connectivity index (χ4n) is 8.44. The van der Waals surface area contributed by atoms with Crippen LogP contribution in [0.2, 0.25) is 0 Å². The largest absolute Gasteiger partial charge is 0.377 e. The van der Waals surface area contributed by atoms with Crippen LogP contribution in [0.4, 0.5) is 0 Å². The van der Waals surface area contributed by atoms with E-state index < -0.39 is 0 Å². The van der Waals surface area contributed by atoms with E-state index >= 15 is 0 Å². The second-order valence-electron chi connectivity index (χ2n) is 12.4. The van der Waals surface area contributed by atoms with Gasteiger partial charge in [0.1, 0.15) is 0 Å². The Bertz CT molecular complexity index is 674. The van der Waals surface area contributed by atoms with Crippen LogP contribution in [-0.2, 0) is 4.74 Å². The quantitative estimate of drug-likeness (QED) is 0.415. The third-order valence-corrected chi connectivity index (χ3v) is 10.7. The molecule has 30 heavy (non-hydrogen) atoms. The fraction of sp³-hybridized carbons (Fsp3) is 0.862. The van der Waals surface area contributed by atoms with E-state index in [0.717, 1.165) is 29.6 Å². The van der Waals surface area contributed by atoms with Crippen molar-refractivity contribution >= 4 is 0 Å². The Hall–Kier alpha value is -0.560. The van der Waals surface area contributed by atoms with Crippen molar-refractivity contribution in [3.8, 4) is 0 Å². The average molecular weight is 413 g/mol. The number of ether oxygens (including phenoxy) is 1. The van der Waals surface area contributed by atoms with E-state index in [2.05, 4.69) is 59.8 Å². The Labute approximate surface area is 187 Å². The Kier molecular flexibility index (Phi) is 6.35. The third-order valence-electron chi connectivity index (χ3n) is 10.7. The lowest BCUT2D eigenvalue weighted by atomic mass is 9.47. The van der Waals surface area contributed by atoms with Crippen molar-refractivity contribution in [2.45, 2.75) is 99.0 Å². The van der Waals surface area contributed by atoms with Gasteiger partial charge in [-0.1, -0.05) is 78.2 Å². The molecule has 1 heteroatoms. The van der Waals surface area contributed by atoms with Gasteiger partial charge in [-0.25, -0.2) is 0 Å². The highest BCUT2D eigenvalue weighted by molar-refractivity contribution is 5.30. The van der Waals surface area contributed by atoms with Crippen molar-refractivity contribution in [2.75, 3.05) is 7.11 Å². The summed E-state index contributed by atoms with van der Waals surface area (Å²) in [5, 5.41) is 0. The van der Waals surface area contributed by atoms with Crippen LogP contribution in [0.15, 0.2) is 23.8 Å². The Morgan fingerprint density at radius 2 is 1.63 bits per heavy atom. The summed E-state index contributed by atoms with van der Waals surface area (Å²) >= 11 is 0. The van der Waals surface area contributed by atoms with Gasteiger partial charge in [0, 0.05) is 7.11 Å². The molecule has 9 atom stereocenters. The predicted molar refractivity (Wildman–Crippen MR) is 128 cm³/mol. The Morgan fingerprint density at radius 3 is 2.33 bits per heavy atom.